The average Bonchev–Trinajstić information content (AvgIpc) is 3.25. The van der Waals surface area contributed by atoms with Crippen molar-refractivity contribution < 1.29 is 22.7 Å². The van der Waals surface area contributed by atoms with Crippen LogP contribution in [0.15, 0.2) is 29.2 Å². The summed E-state index contributed by atoms with van der Waals surface area (Å²) in [5.41, 5.74) is 0.219. The summed E-state index contributed by atoms with van der Waals surface area (Å²) in [6.45, 7) is 4.72. The van der Waals surface area contributed by atoms with Crippen molar-refractivity contribution in [3.63, 3.8) is 0 Å². The van der Waals surface area contributed by atoms with Gasteiger partial charge in [-0.2, -0.15) is 4.31 Å². The SMILES string of the molecule is C[C@@H]1CCCC[C@@H]1NC(=O)[C@@H](C)OC(=O)c1ccc(S(=O)(=O)N2CCCC2)cc1. The van der Waals surface area contributed by atoms with E-state index >= 15 is 0 Å². The highest BCUT2D eigenvalue weighted by Gasteiger charge is 2.28. The van der Waals surface area contributed by atoms with Crippen LogP contribution in [0.1, 0.15) is 62.7 Å². The maximum absolute atomic E-state index is 12.6. The predicted octanol–water partition coefficient (Wildman–Crippen LogP) is 2.71. The molecule has 0 bridgehead atoms. The van der Waals surface area contributed by atoms with E-state index in [2.05, 4.69) is 12.2 Å². The highest BCUT2D eigenvalue weighted by atomic mass is 32.2. The van der Waals surface area contributed by atoms with Gasteiger partial charge < -0.3 is 10.1 Å². The highest BCUT2D eigenvalue weighted by molar-refractivity contribution is 7.89. The van der Waals surface area contributed by atoms with Crippen LogP contribution in [0.5, 0.6) is 0 Å². The molecule has 1 aliphatic carbocycles. The lowest BCUT2D eigenvalue weighted by atomic mass is 9.86. The van der Waals surface area contributed by atoms with Gasteiger partial charge in [-0.25, -0.2) is 13.2 Å². The van der Waals surface area contributed by atoms with Gasteiger partial charge >= 0.3 is 5.97 Å². The lowest BCUT2D eigenvalue weighted by Gasteiger charge is -2.30. The van der Waals surface area contributed by atoms with Crippen LogP contribution in [0.3, 0.4) is 0 Å². The fourth-order valence-corrected chi connectivity index (χ4v) is 5.47. The Morgan fingerprint density at radius 2 is 1.69 bits per heavy atom. The molecule has 1 aromatic carbocycles. The van der Waals surface area contributed by atoms with Crippen LogP contribution in [0.25, 0.3) is 0 Å². The van der Waals surface area contributed by atoms with Crippen molar-refractivity contribution in [2.45, 2.75) is 69.4 Å². The minimum atomic E-state index is -3.52. The number of nitrogens with one attached hydrogen (secondary N) is 1. The number of hydrogen-bond acceptors (Lipinski definition) is 5. The van der Waals surface area contributed by atoms with E-state index in [1.165, 1.54) is 35.0 Å². The molecule has 0 spiro atoms. The van der Waals surface area contributed by atoms with Gasteiger partial charge in [-0.3, -0.25) is 4.79 Å². The molecule has 1 N–H and O–H groups in total. The molecule has 1 aliphatic heterocycles. The third-order valence-corrected chi connectivity index (χ3v) is 7.80. The number of rotatable bonds is 6. The van der Waals surface area contributed by atoms with Crippen LogP contribution in [0.4, 0.5) is 0 Å². The average molecular weight is 423 g/mol. The van der Waals surface area contributed by atoms with Crippen LogP contribution >= 0.6 is 0 Å². The summed E-state index contributed by atoms with van der Waals surface area (Å²) in [5.74, 6) is -0.527. The molecule has 2 fully saturated rings. The fourth-order valence-electron chi connectivity index (χ4n) is 3.95. The molecule has 0 aromatic heterocycles. The van der Waals surface area contributed by atoms with E-state index in [0.29, 0.717) is 19.0 Å². The van der Waals surface area contributed by atoms with Gasteiger partial charge in [0.05, 0.1) is 10.5 Å². The van der Waals surface area contributed by atoms with Crippen LogP contribution < -0.4 is 5.32 Å². The largest absolute Gasteiger partial charge is 0.449 e. The topological polar surface area (TPSA) is 92.8 Å². The predicted molar refractivity (Wildman–Crippen MR) is 109 cm³/mol. The zero-order chi connectivity index (χ0) is 21.0. The minimum Gasteiger partial charge on any atom is -0.449 e. The number of carbonyl (C=O) groups is 2. The molecule has 8 heteroatoms. The second-order valence-electron chi connectivity index (χ2n) is 8.06. The lowest BCUT2D eigenvalue weighted by molar-refractivity contribution is -0.130. The normalized spacial score (nSPS) is 24.1. The monoisotopic (exact) mass is 422 g/mol. The maximum atomic E-state index is 12.6. The van der Waals surface area contributed by atoms with Gasteiger partial charge in [0.25, 0.3) is 5.91 Å². The quantitative estimate of drug-likeness (QED) is 0.712. The van der Waals surface area contributed by atoms with Crippen LogP contribution in [-0.4, -0.2) is 49.8 Å². The number of hydrogen-bond donors (Lipinski definition) is 1. The van der Waals surface area contributed by atoms with Crippen molar-refractivity contribution in [1.29, 1.82) is 0 Å². The van der Waals surface area contributed by atoms with Gasteiger partial charge in [0.15, 0.2) is 6.10 Å². The second-order valence-corrected chi connectivity index (χ2v) is 10.00. The summed E-state index contributed by atoms with van der Waals surface area (Å²) >= 11 is 0. The lowest BCUT2D eigenvalue weighted by Crippen LogP contribution is -2.45. The molecule has 1 saturated carbocycles. The van der Waals surface area contributed by atoms with Gasteiger partial charge in [-0.1, -0.05) is 19.8 Å². The first-order chi connectivity index (χ1) is 13.8. The van der Waals surface area contributed by atoms with E-state index in [9.17, 15) is 18.0 Å². The van der Waals surface area contributed by atoms with E-state index in [1.807, 2.05) is 0 Å². The number of ether oxygens (including phenoxy) is 1. The van der Waals surface area contributed by atoms with Gasteiger partial charge in [0.1, 0.15) is 0 Å². The molecule has 3 atom stereocenters. The van der Waals surface area contributed by atoms with Gasteiger partial charge in [-0.15, -0.1) is 0 Å². The number of carbonyl (C=O) groups excluding carboxylic acids is 2. The van der Waals surface area contributed by atoms with E-state index in [1.54, 1.807) is 6.92 Å². The Hall–Kier alpha value is -1.93. The number of esters is 1. The Morgan fingerprint density at radius 3 is 2.31 bits per heavy atom. The molecule has 0 radical (unpaired) electrons. The molecule has 3 rings (SSSR count). The summed E-state index contributed by atoms with van der Waals surface area (Å²) in [6, 6.07) is 5.81. The Kier molecular flexibility index (Phi) is 6.95. The Bertz CT molecular complexity index is 831. The van der Waals surface area contributed by atoms with Crippen LogP contribution in [-0.2, 0) is 19.6 Å². The number of nitrogens with zero attached hydrogens (tertiary/aromatic N) is 1. The Morgan fingerprint density at radius 1 is 1.07 bits per heavy atom. The van der Waals surface area contributed by atoms with Crippen LogP contribution in [0, 0.1) is 5.92 Å². The van der Waals surface area contributed by atoms with Crippen molar-refractivity contribution >= 4 is 21.9 Å². The summed E-state index contributed by atoms with van der Waals surface area (Å²) in [7, 11) is -3.52. The fraction of sp³-hybridized carbons (Fsp3) is 0.619. The van der Waals surface area contributed by atoms with E-state index in [-0.39, 0.29) is 22.4 Å². The van der Waals surface area contributed by atoms with Crippen molar-refractivity contribution in [2.75, 3.05) is 13.1 Å². The van der Waals surface area contributed by atoms with E-state index in [0.717, 1.165) is 32.1 Å². The van der Waals surface area contributed by atoms with Crippen molar-refractivity contribution in [3.05, 3.63) is 29.8 Å². The van der Waals surface area contributed by atoms with Gasteiger partial charge in [0.2, 0.25) is 10.0 Å². The zero-order valence-corrected chi connectivity index (χ0v) is 17.9. The molecule has 1 heterocycles. The summed E-state index contributed by atoms with van der Waals surface area (Å²) < 4.78 is 31.9. The molecular weight excluding hydrogens is 392 g/mol. The Balaban J connectivity index is 1.58. The van der Waals surface area contributed by atoms with Gasteiger partial charge in [0, 0.05) is 19.1 Å². The maximum Gasteiger partial charge on any atom is 0.338 e. The molecule has 1 amide bonds. The third-order valence-electron chi connectivity index (χ3n) is 5.89. The van der Waals surface area contributed by atoms with Crippen molar-refractivity contribution in [1.82, 2.24) is 9.62 Å². The first kappa shape index (κ1) is 21.8. The number of benzene rings is 1. The molecular formula is C21H30N2O5S. The first-order valence-corrected chi connectivity index (χ1v) is 11.8. The number of sulfonamides is 1. The van der Waals surface area contributed by atoms with E-state index < -0.39 is 22.1 Å². The first-order valence-electron chi connectivity index (χ1n) is 10.4. The molecule has 1 aromatic rings. The molecule has 2 aliphatic rings. The van der Waals surface area contributed by atoms with E-state index in [4.69, 9.17) is 4.74 Å². The van der Waals surface area contributed by atoms with Gasteiger partial charge in [-0.05, 0) is 62.8 Å². The van der Waals surface area contributed by atoms with Crippen molar-refractivity contribution in [2.24, 2.45) is 5.92 Å². The molecule has 1 saturated heterocycles. The minimum absolute atomic E-state index is 0.118. The molecule has 7 nitrogen and oxygen atoms in total. The van der Waals surface area contributed by atoms with Crippen molar-refractivity contribution in [3.8, 4) is 0 Å². The second kappa shape index (κ2) is 9.26. The third kappa shape index (κ3) is 5.17. The standard InChI is InChI=1S/C21H30N2O5S/c1-15-7-3-4-8-19(15)22-20(24)16(2)28-21(25)17-9-11-18(12-10-17)29(26,27)23-13-5-6-14-23/h9-12,15-16,19H,3-8,13-14H2,1-2H3,(H,22,24)/t15-,16-,19+/m1/s1. The van der Waals surface area contributed by atoms with Crippen LogP contribution in [0.2, 0.25) is 0 Å². The number of amides is 1. The summed E-state index contributed by atoms with van der Waals surface area (Å²) in [4.78, 5) is 24.9. The Labute approximate surface area is 172 Å². The molecule has 29 heavy (non-hydrogen) atoms. The smallest absolute Gasteiger partial charge is 0.338 e. The molecule has 160 valence electrons. The summed E-state index contributed by atoms with van der Waals surface area (Å²) in [6.07, 6.45) is 5.13. The summed E-state index contributed by atoms with van der Waals surface area (Å²) in [5, 5.41) is 2.98. The highest BCUT2D eigenvalue weighted by Crippen LogP contribution is 2.24. The zero-order valence-electron chi connectivity index (χ0n) is 17.1. The molecule has 0 unspecified atom stereocenters.